The highest BCUT2D eigenvalue weighted by atomic mass is 16.3. The van der Waals surface area contributed by atoms with E-state index in [0.717, 1.165) is 12.8 Å². The first-order chi connectivity index (χ1) is 12.0. The minimum Gasteiger partial charge on any atom is -0.393 e. The van der Waals surface area contributed by atoms with Crippen LogP contribution in [0, 0.1) is 5.92 Å². The highest BCUT2D eigenvalue weighted by Gasteiger charge is 2.28. The molecule has 1 aliphatic heterocycles. The number of likely N-dealkylation sites (tertiary alicyclic amines) is 1. The Morgan fingerprint density at radius 1 is 1.16 bits per heavy atom. The number of fused-ring (bicyclic) bond motifs is 1. The van der Waals surface area contributed by atoms with E-state index < -0.39 is 0 Å². The molecule has 0 saturated carbocycles. The molecule has 3 rings (SSSR count). The fourth-order valence-corrected chi connectivity index (χ4v) is 3.88. The van der Waals surface area contributed by atoms with Crippen molar-refractivity contribution in [2.24, 2.45) is 5.92 Å². The number of carbonyl (C=O) groups is 2. The Bertz CT molecular complexity index is 623. The van der Waals surface area contributed by atoms with Gasteiger partial charge in [-0.25, -0.2) is 0 Å². The molecule has 25 heavy (non-hydrogen) atoms. The number of nitrogens with zero attached hydrogens (tertiary/aromatic N) is 1. The quantitative estimate of drug-likeness (QED) is 0.880. The van der Waals surface area contributed by atoms with E-state index in [1.807, 2.05) is 12.1 Å². The molecule has 0 aromatic heterocycles. The Hall–Kier alpha value is -1.88. The first-order valence-corrected chi connectivity index (χ1v) is 9.37. The number of hydrogen-bond donors (Lipinski definition) is 2. The van der Waals surface area contributed by atoms with E-state index in [-0.39, 0.29) is 36.8 Å². The molecule has 1 fully saturated rings. The summed E-state index contributed by atoms with van der Waals surface area (Å²) in [6.07, 6.45) is 3.57. The van der Waals surface area contributed by atoms with Gasteiger partial charge in [-0.1, -0.05) is 31.2 Å². The normalized spacial score (nSPS) is 23.8. The van der Waals surface area contributed by atoms with Gasteiger partial charge in [-0.05, 0) is 42.7 Å². The van der Waals surface area contributed by atoms with Crippen LogP contribution in [0.5, 0.6) is 0 Å². The number of carbonyl (C=O) groups excluding carboxylic acids is 2. The van der Waals surface area contributed by atoms with E-state index >= 15 is 0 Å². The first kappa shape index (κ1) is 17.9. The van der Waals surface area contributed by atoms with Crippen LogP contribution in [0.3, 0.4) is 0 Å². The fourth-order valence-electron chi connectivity index (χ4n) is 3.88. The zero-order chi connectivity index (χ0) is 17.8. The Labute approximate surface area is 149 Å². The van der Waals surface area contributed by atoms with Gasteiger partial charge in [0.2, 0.25) is 11.8 Å². The summed E-state index contributed by atoms with van der Waals surface area (Å²) in [6.45, 7) is 3.36. The number of aliphatic hydroxyl groups is 1. The summed E-state index contributed by atoms with van der Waals surface area (Å²) in [6, 6.07) is 8.33. The third-order valence-corrected chi connectivity index (χ3v) is 5.53. The SMILES string of the molecule is C[C@@H]1CCc2ccccc2[C@@H]1NC(=O)CCC(=O)N1CCC(O)CC1. The Morgan fingerprint density at radius 3 is 2.64 bits per heavy atom. The van der Waals surface area contributed by atoms with Gasteiger partial charge >= 0.3 is 0 Å². The minimum absolute atomic E-state index is 0.0131. The van der Waals surface area contributed by atoms with Gasteiger partial charge in [-0.3, -0.25) is 9.59 Å². The monoisotopic (exact) mass is 344 g/mol. The molecule has 0 bridgehead atoms. The second kappa shape index (κ2) is 8.00. The summed E-state index contributed by atoms with van der Waals surface area (Å²) in [7, 11) is 0. The van der Waals surface area contributed by atoms with Crippen LogP contribution in [0.1, 0.15) is 56.2 Å². The molecule has 0 spiro atoms. The van der Waals surface area contributed by atoms with Gasteiger partial charge in [-0.2, -0.15) is 0 Å². The summed E-state index contributed by atoms with van der Waals surface area (Å²) < 4.78 is 0. The topological polar surface area (TPSA) is 69.6 Å². The molecule has 1 saturated heterocycles. The lowest BCUT2D eigenvalue weighted by Gasteiger charge is -2.32. The summed E-state index contributed by atoms with van der Waals surface area (Å²) in [5.41, 5.74) is 2.53. The van der Waals surface area contributed by atoms with Crippen LogP contribution >= 0.6 is 0 Å². The zero-order valence-corrected chi connectivity index (χ0v) is 14.9. The van der Waals surface area contributed by atoms with Crippen LogP contribution < -0.4 is 5.32 Å². The zero-order valence-electron chi connectivity index (χ0n) is 14.9. The fraction of sp³-hybridized carbons (Fsp3) is 0.600. The van der Waals surface area contributed by atoms with Gasteiger partial charge in [0.25, 0.3) is 0 Å². The Morgan fingerprint density at radius 2 is 1.88 bits per heavy atom. The van der Waals surface area contributed by atoms with Gasteiger partial charge in [0.1, 0.15) is 0 Å². The maximum atomic E-state index is 12.4. The number of piperidine rings is 1. The molecule has 1 aliphatic carbocycles. The number of amides is 2. The Kier molecular flexibility index (Phi) is 5.74. The Balaban J connectivity index is 1.52. The van der Waals surface area contributed by atoms with Crippen LogP contribution in [0.2, 0.25) is 0 Å². The molecular formula is C20H28N2O3. The van der Waals surface area contributed by atoms with E-state index in [9.17, 15) is 14.7 Å². The van der Waals surface area contributed by atoms with E-state index in [1.54, 1.807) is 4.90 Å². The van der Waals surface area contributed by atoms with E-state index in [1.165, 1.54) is 11.1 Å². The molecule has 2 N–H and O–H groups in total. The number of rotatable bonds is 4. The van der Waals surface area contributed by atoms with Crippen molar-refractivity contribution in [2.75, 3.05) is 13.1 Å². The number of aliphatic hydroxyl groups excluding tert-OH is 1. The molecule has 0 unspecified atom stereocenters. The van der Waals surface area contributed by atoms with Crippen molar-refractivity contribution in [3.8, 4) is 0 Å². The van der Waals surface area contributed by atoms with Gasteiger partial charge in [0, 0.05) is 25.9 Å². The van der Waals surface area contributed by atoms with Crippen LogP contribution in [-0.2, 0) is 16.0 Å². The lowest BCUT2D eigenvalue weighted by molar-refractivity contribution is -0.135. The molecule has 5 heteroatoms. The molecule has 0 radical (unpaired) electrons. The van der Waals surface area contributed by atoms with Gasteiger partial charge in [-0.15, -0.1) is 0 Å². The van der Waals surface area contributed by atoms with Crippen LogP contribution in [0.4, 0.5) is 0 Å². The molecule has 2 amide bonds. The van der Waals surface area contributed by atoms with E-state index in [2.05, 4.69) is 24.4 Å². The van der Waals surface area contributed by atoms with Gasteiger partial charge in [0.15, 0.2) is 0 Å². The largest absolute Gasteiger partial charge is 0.393 e. The first-order valence-electron chi connectivity index (χ1n) is 9.37. The van der Waals surface area contributed by atoms with Crippen LogP contribution in [0.25, 0.3) is 0 Å². The van der Waals surface area contributed by atoms with Crippen molar-refractivity contribution >= 4 is 11.8 Å². The average Bonchev–Trinajstić information content (AvgIpc) is 2.63. The highest BCUT2D eigenvalue weighted by Crippen LogP contribution is 2.34. The number of aryl methyl sites for hydroxylation is 1. The van der Waals surface area contributed by atoms with Crippen LogP contribution in [-0.4, -0.2) is 41.0 Å². The second-order valence-corrected chi connectivity index (χ2v) is 7.37. The molecule has 5 nitrogen and oxygen atoms in total. The number of hydrogen-bond acceptors (Lipinski definition) is 3. The molecule has 1 aromatic rings. The lowest BCUT2D eigenvalue weighted by atomic mass is 9.80. The summed E-state index contributed by atoms with van der Waals surface area (Å²) in [5.74, 6) is 0.358. The van der Waals surface area contributed by atoms with Gasteiger partial charge < -0.3 is 15.3 Å². The molecule has 1 aromatic carbocycles. The smallest absolute Gasteiger partial charge is 0.223 e. The summed E-state index contributed by atoms with van der Waals surface area (Å²) >= 11 is 0. The number of benzene rings is 1. The molecule has 2 aliphatic rings. The summed E-state index contributed by atoms with van der Waals surface area (Å²) in [4.78, 5) is 26.4. The maximum absolute atomic E-state index is 12.4. The molecule has 1 heterocycles. The van der Waals surface area contributed by atoms with Gasteiger partial charge in [0.05, 0.1) is 12.1 Å². The van der Waals surface area contributed by atoms with Crippen molar-refractivity contribution in [3.63, 3.8) is 0 Å². The number of nitrogens with one attached hydrogen (secondary N) is 1. The van der Waals surface area contributed by atoms with Crippen molar-refractivity contribution in [3.05, 3.63) is 35.4 Å². The van der Waals surface area contributed by atoms with Crippen molar-refractivity contribution in [1.29, 1.82) is 0 Å². The molecule has 2 atom stereocenters. The highest BCUT2D eigenvalue weighted by molar-refractivity contribution is 5.84. The predicted molar refractivity (Wildman–Crippen MR) is 95.9 cm³/mol. The van der Waals surface area contributed by atoms with Crippen LogP contribution in [0.15, 0.2) is 24.3 Å². The van der Waals surface area contributed by atoms with E-state index in [0.29, 0.717) is 31.8 Å². The molecular weight excluding hydrogens is 316 g/mol. The van der Waals surface area contributed by atoms with E-state index in [4.69, 9.17) is 0 Å². The second-order valence-electron chi connectivity index (χ2n) is 7.37. The average molecular weight is 344 g/mol. The third kappa shape index (κ3) is 4.40. The lowest BCUT2D eigenvalue weighted by Crippen LogP contribution is -2.41. The molecule has 136 valence electrons. The third-order valence-electron chi connectivity index (χ3n) is 5.53. The van der Waals surface area contributed by atoms with Crippen molar-refractivity contribution < 1.29 is 14.7 Å². The summed E-state index contributed by atoms with van der Waals surface area (Å²) in [5, 5.41) is 12.7. The van der Waals surface area contributed by atoms with Crippen molar-refractivity contribution in [2.45, 2.75) is 57.6 Å². The standard InChI is InChI=1S/C20H28N2O3/c1-14-6-7-15-4-2-3-5-17(15)20(14)21-18(24)8-9-19(25)22-12-10-16(23)11-13-22/h2-5,14,16,20,23H,6-13H2,1H3,(H,21,24)/t14-,20-/m1/s1. The maximum Gasteiger partial charge on any atom is 0.223 e. The minimum atomic E-state index is -0.291. The predicted octanol–water partition coefficient (Wildman–Crippen LogP) is 2.19. The van der Waals surface area contributed by atoms with Crippen molar-refractivity contribution in [1.82, 2.24) is 10.2 Å².